The van der Waals surface area contributed by atoms with Crippen molar-refractivity contribution >= 4 is 11.8 Å². The lowest BCUT2D eigenvalue weighted by Crippen LogP contribution is -2.10. The number of carboxylic acids is 1. The molecule has 0 aliphatic carbocycles. The Morgan fingerprint density at radius 3 is 2.00 bits per heavy atom. The molecule has 0 heterocycles. The Labute approximate surface area is 180 Å². The number of benzene rings is 1. The van der Waals surface area contributed by atoms with Crippen LogP contribution in [0.25, 0.3) is 0 Å². The fourth-order valence-electron chi connectivity index (χ4n) is 3.63. The summed E-state index contributed by atoms with van der Waals surface area (Å²) in [4.78, 5) is 24.1. The van der Waals surface area contributed by atoms with Gasteiger partial charge in [0.05, 0.1) is 26.9 Å². The second-order valence-electron chi connectivity index (χ2n) is 8.07. The number of rotatable bonds is 16. The minimum absolute atomic E-state index is 0.0682. The van der Waals surface area contributed by atoms with E-state index >= 15 is 0 Å². The Bertz CT molecular complexity index is 681. The molecule has 1 aromatic rings. The molecule has 0 saturated carbocycles. The van der Waals surface area contributed by atoms with E-state index < -0.39 is 5.97 Å². The molecule has 0 bridgehead atoms. The molecule has 1 N–H and O–H groups in total. The van der Waals surface area contributed by atoms with Crippen molar-refractivity contribution in [2.24, 2.45) is 5.92 Å². The lowest BCUT2D eigenvalue weighted by atomic mass is 9.97. The summed E-state index contributed by atoms with van der Waals surface area (Å²) in [7, 11) is 4.37. The summed E-state index contributed by atoms with van der Waals surface area (Å²) in [5, 5.41) is 9.59. The van der Waals surface area contributed by atoms with Crippen LogP contribution >= 0.6 is 0 Å². The number of hydrogen-bond donors (Lipinski definition) is 1. The summed E-state index contributed by atoms with van der Waals surface area (Å²) in [6.07, 6.45) is 9.29. The normalized spacial score (nSPS) is 10.9. The molecular formula is C24H38O6. The molecular weight excluding hydrogens is 384 g/mol. The van der Waals surface area contributed by atoms with Gasteiger partial charge in [-0.15, -0.1) is 0 Å². The topological polar surface area (TPSA) is 82.1 Å². The average Bonchev–Trinajstić information content (AvgIpc) is 2.72. The van der Waals surface area contributed by atoms with Gasteiger partial charge >= 0.3 is 5.97 Å². The third kappa shape index (κ3) is 8.25. The van der Waals surface area contributed by atoms with E-state index in [0.29, 0.717) is 29.9 Å². The van der Waals surface area contributed by atoms with Crippen molar-refractivity contribution in [1.29, 1.82) is 0 Å². The molecule has 0 saturated heterocycles. The third-order valence-corrected chi connectivity index (χ3v) is 5.30. The number of hydrogen-bond acceptors (Lipinski definition) is 5. The Hall–Kier alpha value is -2.24. The molecule has 30 heavy (non-hydrogen) atoms. The molecule has 6 heteroatoms. The van der Waals surface area contributed by atoms with E-state index in [1.54, 1.807) is 0 Å². The van der Waals surface area contributed by atoms with Crippen molar-refractivity contribution in [2.45, 2.75) is 78.1 Å². The zero-order valence-electron chi connectivity index (χ0n) is 19.2. The second kappa shape index (κ2) is 13.9. The van der Waals surface area contributed by atoms with E-state index in [2.05, 4.69) is 13.8 Å². The summed E-state index contributed by atoms with van der Waals surface area (Å²) in [6, 6.07) is 1.42. The molecule has 0 fully saturated rings. The van der Waals surface area contributed by atoms with Gasteiger partial charge in [0.2, 0.25) is 5.75 Å². The van der Waals surface area contributed by atoms with Crippen molar-refractivity contribution in [1.82, 2.24) is 0 Å². The van der Waals surface area contributed by atoms with Crippen LogP contribution in [-0.2, 0) is 11.2 Å². The van der Waals surface area contributed by atoms with Crippen LogP contribution in [0.3, 0.4) is 0 Å². The first-order valence-corrected chi connectivity index (χ1v) is 10.9. The molecule has 0 unspecified atom stereocenters. The van der Waals surface area contributed by atoms with Crippen molar-refractivity contribution in [3.63, 3.8) is 0 Å². The number of carbonyl (C=O) groups is 2. The number of ether oxygens (including phenoxy) is 3. The highest BCUT2D eigenvalue weighted by molar-refractivity contribution is 5.92. The highest BCUT2D eigenvalue weighted by Gasteiger charge is 2.24. The van der Waals surface area contributed by atoms with E-state index in [1.807, 2.05) is 0 Å². The zero-order valence-corrected chi connectivity index (χ0v) is 19.2. The second-order valence-corrected chi connectivity index (χ2v) is 8.07. The Morgan fingerprint density at radius 2 is 1.47 bits per heavy atom. The first-order chi connectivity index (χ1) is 14.3. The maximum Gasteiger partial charge on any atom is 0.336 e. The number of methoxy groups -OCH3 is 3. The van der Waals surface area contributed by atoms with Gasteiger partial charge in [0.25, 0.3) is 0 Å². The maximum absolute atomic E-state index is 12.3. The molecule has 0 aromatic heterocycles. The average molecular weight is 423 g/mol. The quantitative estimate of drug-likeness (QED) is 0.345. The number of ketones is 1. The largest absolute Gasteiger partial charge is 0.493 e. The lowest BCUT2D eigenvalue weighted by Gasteiger charge is -2.18. The molecule has 0 spiro atoms. The van der Waals surface area contributed by atoms with Gasteiger partial charge in [-0.25, -0.2) is 4.79 Å². The fraction of sp³-hybridized carbons (Fsp3) is 0.667. The molecule has 0 atom stereocenters. The summed E-state index contributed by atoms with van der Waals surface area (Å²) in [6.45, 7) is 4.51. The van der Waals surface area contributed by atoms with Crippen LogP contribution < -0.4 is 14.2 Å². The van der Waals surface area contributed by atoms with Crippen LogP contribution in [0.1, 0.15) is 87.6 Å². The molecule has 6 nitrogen and oxygen atoms in total. The van der Waals surface area contributed by atoms with E-state index in [0.717, 1.165) is 25.2 Å². The van der Waals surface area contributed by atoms with Gasteiger partial charge in [0, 0.05) is 18.4 Å². The Balaban J connectivity index is 2.58. The first kappa shape index (κ1) is 25.8. The van der Waals surface area contributed by atoms with Gasteiger partial charge < -0.3 is 19.3 Å². The van der Waals surface area contributed by atoms with E-state index in [1.165, 1.54) is 53.1 Å². The Kier molecular flexibility index (Phi) is 11.9. The highest BCUT2D eigenvalue weighted by atomic mass is 16.5. The van der Waals surface area contributed by atoms with Crippen LogP contribution in [0.5, 0.6) is 17.2 Å². The van der Waals surface area contributed by atoms with Crippen molar-refractivity contribution in [3.05, 3.63) is 17.2 Å². The van der Waals surface area contributed by atoms with Crippen LogP contribution in [-0.4, -0.2) is 38.2 Å². The lowest BCUT2D eigenvalue weighted by molar-refractivity contribution is -0.119. The van der Waals surface area contributed by atoms with Gasteiger partial charge in [-0.1, -0.05) is 52.4 Å². The molecule has 0 amide bonds. The maximum atomic E-state index is 12.3. The van der Waals surface area contributed by atoms with Gasteiger partial charge in [-0.3, -0.25) is 4.79 Å². The molecule has 170 valence electrons. The standard InChI is InChI=1S/C24H38O6/c1-17(2)12-10-8-6-7-9-11-13-18(25)14-15-19-20(24(26)27)16-21(28-3)23(30-5)22(19)29-4/h16-17H,6-15H2,1-5H3,(H,26,27). The van der Waals surface area contributed by atoms with Gasteiger partial charge in [0.15, 0.2) is 11.5 Å². The minimum Gasteiger partial charge on any atom is -0.493 e. The molecule has 0 aliphatic heterocycles. The van der Waals surface area contributed by atoms with E-state index in [4.69, 9.17) is 14.2 Å². The van der Waals surface area contributed by atoms with E-state index in [9.17, 15) is 14.7 Å². The number of unbranched alkanes of at least 4 members (excludes halogenated alkanes) is 5. The number of aromatic carboxylic acids is 1. The van der Waals surface area contributed by atoms with Crippen molar-refractivity contribution in [3.8, 4) is 17.2 Å². The summed E-state index contributed by atoms with van der Waals surface area (Å²) in [5.74, 6) is 0.759. The number of carbonyl (C=O) groups excluding carboxylic acids is 1. The number of carboxylic acid groups (broad SMARTS) is 1. The fourth-order valence-corrected chi connectivity index (χ4v) is 3.63. The summed E-state index contributed by atoms with van der Waals surface area (Å²) < 4.78 is 16.0. The van der Waals surface area contributed by atoms with Gasteiger partial charge in [-0.05, 0) is 24.8 Å². The predicted octanol–water partition coefficient (Wildman–Crippen LogP) is 5.69. The highest BCUT2D eigenvalue weighted by Crippen LogP contribution is 2.42. The molecule has 0 radical (unpaired) electrons. The van der Waals surface area contributed by atoms with Gasteiger partial charge in [-0.2, -0.15) is 0 Å². The van der Waals surface area contributed by atoms with Crippen LogP contribution in [0.4, 0.5) is 0 Å². The van der Waals surface area contributed by atoms with Crippen molar-refractivity contribution in [2.75, 3.05) is 21.3 Å². The molecule has 1 rings (SSSR count). The zero-order chi connectivity index (χ0) is 22.5. The van der Waals surface area contributed by atoms with Crippen LogP contribution in [0.15, 0.2) is 6.07 Å². The van der Waals surface area contributed by atoms with E-state index in [-0.39, 0.29) is 23.5 Å². The third-order valence-electron chi connectivity index (χ3n) is 5.30. The SMILES string of the molecule is COc1cc(C(=O)O)c(CCC(=O)CCCCCCCCC(C)C)c(OC)c1OC. The Morgan fingerprint density at radius 1 is 0.867 bits per heavy atom. The predicted molar refractivity (Wildman–Crippen MR) is 118 cm³/mol. The first-order valence-electron chi connectivity index (χ1n) is 10.9. The van der Waals surface area contributed by atoms with Crippen LogP contribution in [0.2, 0.25) is 0 Å². The summed E-state index contributed by atoms with van der Waals surface area (Å²) in [5.41, 5.74) is 0.528. The van der Waals surface area contributed by atoms with Gasteiger partial charge in [0.1, 0.15) is 5.78 Å². The van der Waals surface area contributed by atoms with Crippen molar-refractivity contribution < 1.29 is 28.9 Å². The van der Waals surface area contributed by atoms with Crippen LogP contribution in [0, 0.1) is 5.92 Å². The molecule has 1 aromatic carbocycles. The molecule has 0 aliphatic rings. The smallest absolute Gasteiger partial charge is 0.336 e. The monoisotopic (exact) mass is 422 g/mol. The summed E-state index contributed by atoms with van der Waals surface area (Å²) >= 11 is 0. The number of Topliss-reactive ketones (excluding diaryl/α,β-unsaturated/α-hetero) is 1. The minimum atomic E-state index is -1.09.